The number of halogens is 2. The van der Waals surface area contributed by atoms with Gasteiger partial charge in [-0.05, 0) is 36.9 Å². The van der Waals surface area contributed by atoms with Crippen molar-refractivity contribution in [1.29, 1.82) is 0 Å². The Morgan fingerprint density at radius 2 is 1.68 bits per heavy atom. The number of nitrogens with one attached hydrogen (secondary N) is 1. The predicted molar refractivity (Wildman–Crippen MR) is 96.2 cm³/mol. The molecule has 120 valence electrons. The lowest BCUT2D eigenvalue weighted by molar-refractivity contribution is 0.142. The van der Waals surface area contributed by atoms with E-state index < -0.39 is 6.10 Å². The third-order valence-corrected chi connectivity index (χ3v) is 3.82. The van der Waals surface area contributed by atoms with Gasteiger partial charge in [0.15, 0.2) is 0 Å². The lowest BCUT2D eigenvalue weighted by Crippen LogP contribution is -2.39. The van der Waals surface area contributed by atoms with Crippen molar-refractivity contribution in [2.45, 2.75) is 12.1 Å². The molecular weight excluding hydrogens is 319 g/mol. The van der Waals surface area contributed by atoms with E-state index >= 15 is 0 Å². The number of rotatable bonds is 6. The number of aliphatic hydroxyl groups excluding tert-OH is 1. The van der Waals surface area contributed by atoms with Crippen molar-refractivity contribution in [2.75, 3.05) is 25.5 Å². The Hall–Kier alpha value is -1.26. The quantitative estimate of drug-likeness (QED) is 0.844. The Bertz CT molecular complexity index is 548. The molecule has 0 bridgehead atoms. The highest BCUT2D eigenvalue weighted by Gasteiger charge is 2.25. The van der Waals surface area contributed by atoms with E-state index in [0.717, 1.165) is 11.3 Å². The summed E-state index contributed by atoms with van der Waals surface area (Å²) in [5.74, 6) is 0. The second-order valence-electron chi connectivity index (χ2n) is 5.07. The summed E-state index contributed by atoms with van der Waals surface area (Å²) in [4.78, 5) is 2.09. The van der Waals surface area contributed by atoms with Gasteiger partial charge < -0.3 is 15.3 Å². The number of benzene rings is 2. The Morgan fingerprint density at radius 1 is 1.09 bits per heavy atom. The van der Waals surface area contributed by atoms with Gasteiger partial charge in [0.1, 0.15) is 0 Å². The van der Waals surface area contributed by atoms with E-state index in [2.05, 4.69) is 10.2 Å². The van der Waals surface area contributed by atoms with Crippen LogP contribution in [0.15, 0.2) is 54.6 Å². The topological polar surface area (TPSA) is 35.5 Å². The average molecular weight is 341 g/mol. The number of hydrogen-bond donors (Lipinski definition) is 2. The van der Waals surface area contributed by atoms with Gasteiger partial charge in [-0.25, -0.2) is 0 Å². The summed E-state index contributed by atoms with van der Waals surface area (Å²) in [7, 11) is 3.83. The average Bonchev–Trinajstić information content (AvgIpc) is 2.50. The first-order valence-corrected chi connectivity index (χ1v) is 7.37. The fourth-order valence-electron chi connectivity index (χ4n) is 2.51. The Morgan fingerprint density at radius 3 is 2.23 bits per heavy atom. The molecule has 5 heteroatoms. The molecule has 0 aliphatic carbocycles. The Balaban J connectivity index is 0.00000242. The lowest BCUT2D eigenvalue weighted by Gasteiger charge is -2.34. The Labute approximate surface area is 143 Å². The van der Waals surface area contributed by atoms with Crippen molar-refractivity contribution >= 4 is 29.7 Å². The van der Waals surface area contributed by atoms with Gasteiger partial charge in [0.2, 0.25) is 0 Å². The number of para-hydroxylation sites is 1. The van der Waals surface area contributed by atoms with Gasteiger partial charge in [0.25, 0.3) is 0 Å². The van der Waals surface area contributed by atoms with Crippen LogP contribution in [0.3, 0.4) is 0 Å². The van der Waals surface area contributed by atoms with Crippen molar-refractivity contribution < 1.29 is 5.11 Å². The summed E-state index contributed by atoms with van der Waals surface area (Å²) in [6, 6.07) is 17.5. The summed E-state index contributed by atoms with van der Waals surface area (Å²) in [5.41, 5.74) is 2.10. The van der Waals surface area contributed by atoms with Crippen molar-refractivity contribution in [3.63, 3.8) is 0 Å². The zero-order chi connectivity index (χ0) is 15.2. The first-order chi connectivity index (χ1) is 10.1. The highest BCUT2D eigenvalue weighted by atomic mass is 35.5. The minimum absolute atomic E-state index is 0. The number of anilines is 1. The molecule has 0 aliphatic rings. The number of hydrogen-bond acceptors (Lipinski definition) is 3. The smallest absolute Gasteiger partial charge is 0.0909 e. The van der Waals surface area contributed by atoms with E-state index in [9.17, 15) is 5.11 Å². The molecule has 22 heavy (non-hydrogen) atoms. The van der Waals surface area contributed by atoms with Crippen LogP contribution >= 0.6 is 24.0 Å². The number of likely N-dealkylation sites (N-methyl/N-ethyl adjacent to an activating group) is 2. The SMILES string of the molecule is CNCC(O)C(c1ccc(Cl)cc1)N(C)c1ccccc1.Cl. The second kappa shape index (κ2) is 9.01. The molecule has 2 unspecified atom stereocenters. The third-order valence-electron chi connectivity index (χ3n) is 3.57. The molecule has 2 aromatic carbocycles. The van der Waals surface area contributed by atoms with E-state index in [1.807, 2.05) is 68.7 Å². The second-order valence-corrected chi connectivity index (χ2v) is 5.50. The first-order valence-electron chi connectivity index (χ1n) is 6.99. The van der Waals surface area contributed by atoms with E-state index in [0.29, 0.717) is 11.6 Å². The Kier molecular flexibility index (Phi) is 7.69. The molecule has 3 nitrogen and oxygen atoms in total. The summed E-state index contributed by atoms with van der Waals surface area (Å²) in [6.07, 6.45) is -0.526. The minimum atomic E-state index is -0.526. The molecule has 2 N–H and O–H groups in total. The monoisotopic (exact) mass is 340 g/mol. The van der Waals surface area contributed by atoms with Gasteiger partial charge >= 0.3 is 0 Å². The van der Waals surface area contributed by atoms with Crippen LogP contribution in [0, 0.1) is 0 Å². The van der Waals surface area contributed by atoms with Gasteiger partial charge in [0.05, 0.1) is 12.1 Å². The maximum atomic E-state index is 10.5. The van der Waals surface area contributed by atoms with E-state index in [-0.39, 0.29) is 18.4 Å². The molecule has 0 amide bonds. The maximum Gasteiger partial charge on any atom is 0.0909 e. The highest BCUT2D eigenvalue weighted by Crippen LogP contribution is 2.29. The largest absolute Gasteiger partial charge is 0.389 e. The molecular formula is C17H22Cl2N2O. The van der Waals surface area contributed by atoms with Crippen molar-refractivity contribution in [3.05, 3.63) is 65.2 Å². The van der Waals surface area contributed by atoms with Crippen molar-refractivity contribution in [1.82, 2.24) is 5.32 Å². The molecule has 0 saturated carbocycles. The zero-order valence-electron chi connectivity index (χ0n) is 12.7. The molecule has 0 aliphatic heterocycles. The van der Waals surface area contributed by atoms with Crippen molar-refractivity contribution in [2.24, 2.45) is 0 Å². The van der Waals surface area contributed by atoms with Gasteiger partial charge in [0, 0.05) is 24.3 Å². The van der Waals surface area contributed by atoms with Crippen LogP contribution in [0.2, 0.25) is 5.02 Å². The highest BCUT2D eigenvalue weighted by molar-refractivity contribution is 6.30. The molecule has 0 heterocycles. The van der Waals surface area contributed by atoms with Crippen LogP contribution in [0.4, 0.5) is 5.69 Å². The molecule has 2 rings (SSSR count). The third kappa shape index (κ3) is 4.62. The van der Waals surface area contributed by atoms with E-state index in [1.165, 1.54) is 0 Å². The molecule has 0 aromatic heterocycles. The van der Waals surface area contributed by atoms with Gasteiger partial charge in [-0.15, -0.1) is 12.4 Å². The van der Waals surface area contributed by atoms with Crippen LogP contribution in [-0.4, -0.2) is 31.9 Å². The summed E-state index contributed by atoms with van der Waals surface area (Å²) in [6.45, 7) is 0.518. The van der Waals surface area contributed by atoms with Crippen LogP contribution in [-0.2, 0) is 0 Å². The molecule has 0 fully saturated rings. The van der Waals surface area contributed by atoms with Crippen LogP contribution in [0.1, 0.15) is 11.6 Å². The molecule has 0 spiro atoms. The summed E-state index contributed by atoms with van der Waals surface area (Å²) < 4.78 is 0. The fourth-order valence-corrected chi connectivity index (χ4v) is 2.63. The van der Waals surface area contributed by atoms with Gasteiger partial charge in [-0.1, -0.05) is 41.9 Å². The van der Waals surface area contributed by atoms with Gasteiger partial charge in [-0.2, -0.15) is 0 Å². The van der Waals surface area contributed by atoms with E-state index in [1.54, 1.807) is 0 Å². The number of nitrogens with zero attached hydrogens (tertiary/aromatic N) is 1. The molecule has 0 radical (unpaired) electrons. The molecule has 2 atom stereocenters. The van der Waals surface area contributed by atoms with E-state index in [4.69, 9.17) is 11.6 Å². The lowest BCUT2D eigenvalue weighted by atomic mass is 9.99. The molecule has 2 aromatic rings. The maximum absolute atomic E-state index is 10.5. The normalized spacial score (nSPS) is 13.1. The van der Waals surface area contributed by atoms with Crippen LogP contribution < -0.4 is 10.2 Å². The first kappa shape index (κ1) is 18.8. The van der Waals surface area contributed by atoms with Crippen LogP contribution in [0.5, 0.6) is 0 Å². The van der Waals surface area contributed by atoms with Crippen molar-refractivity contribution in [3.8, 4) is 0 Å². The summed E-state index contributed by atoms with van der Waals surface area (Å²) in [5, 5.41) is 14.3. The number of aliphatic hydroxyl groups is 1. The minimum Gasteiger partial charge on any atom is -0.389 e. The fraction of sp³-hybridized carbons (Fsp3) is 0.294. The van der Waals surface area contributed by atoms with Crippen LogP contribution in [0.25, 0.3) is 0 Å². The van der Waals surface area contributed by atoms with Gasteiger partial charge in [-0.3, -0.25) is 0 Å². The molecule has 0 saturated heterocycles. The summed E-state index contributed by atoms with van der Waals surface area (Å²) >= 11 is 5.97. The predicted octanol–water partition coefficient (Wildman–Crippen LogP) is 3.52. The zero-order valence-corrected chi connectivity index (χ0v) is 14.3. The standard InChI is InChI=1S/C17H21ClN2O.ClH/c1-19-12-16(21)17(13-8-10-14(18)11-9-13)20(2)15-6-4-3-5-7-15;/h3-11,16-17,19,21H,12H2,1-2H3;1H.